The highest BCUT2D eigenvalue weighted by atomic mass is 16.2. The van der Waals surface area contributed by atoms with Crippen LogP contribution in [0.2, 0.25) is 0 Å². The van der Waals surface area contributed by atoms with Gasteiger partial charge in [-0.2, -0.15) is 0 Å². The van der Waals surface area contributed by atoms with Gasteiger partial charge in [-0.1, -0.05) is 0 Å². The summed E-state index contributed by atoms with van der Waals surface area (Å²) in [5.41, 5.74) is 3.48. The molecule has 8 heteroatoms. The van der Waals surface area contributed by atoms with E-state index in [1.54, 1.807) is 6.20 Å². The lowest BCUT2D eigenvalue weighted by Crippen LogP contribution is -2.47. The number of nitrogens with zero attached hydrogens (tertiary/aromatic N) is 3. The summed E-state index contributed by atoms with van der Waals surface area (Å²) in [4.78, 5) is 35.2. The van der Waals surface area contributed by atoms with Crippen LogP contribution in [0.4, 0.5) is 0 Å². The Hall–Kier alpha value is -3.16. The van der Waals surface area contributed by atoms with Crippen LogP contribution in [0.25, 0.3) is 5.65 Å². The summed E-state index contributed by atoms with van der Waals surface area (Å²) in [7, 11) is 0. The van der Waals surface area contributed by atoms with Crippen LogP contribution in [0.15, 0.2) is 37.1 Å². The van der Waals surface area contributed by atoms with Gasteiger partial charge < -0.3 is 20.0 Å². The Morgan fingerprint density at radius 2 is 2.24 bits per heavy atom. The first kappa shape index (κ1) is 16.7. The summed E-state index contributed by atoms with van der Waals surface area (Å²) in [5.74, 6) is -0.527. The number of aromatic amines is 1. The lowest BCUT2D eigenvalue weighted by molar-refractivity contribution is -0.128. The number of rotatable bonds is 6. The van der Waals surface area contributed by atoms with Crippen molar-refractivity contribution >= 4 is 17.5 Å². The molecular formula is C17H20N6O2. The maximum Gasteiger partial charge on any atom is 0.243 e. The maximum absolute atomic E-state index is 12.5. The molecule has 0 spiro atoms. The lowest BCUT2D eigenvalue weighted by atomic mass is 10.1. The van der Waals surface area contributed by atoms with Crippen LogP contribution >= 0.6 is 0 Å². The van der Waals surface area contributed by atoms with Crippen LogP contribution in [0.1, 0.15) is 23.9 Å². The van der Waals surface area contributed by atoms with Crippen LogP contribution in [-0.4, -0.2) is 37.2 Å². The highest BCUT2D eigenvalue weighted by Gasteiger charge is 2.20. The topological polar surface area (TPSA) is 104 Å². The molecule has 3 aromatic rings. The van der Waals surface area contributed by atoms with Crippen molar-refractivity contribution in [1.29, 1.82) is 0 Å². The molecular weight excluding hydrogens is 320 g/mol. The number of hydrogen-bond donors (Lipinski definition) is 3. The fraction of sp³-hybridized carbons (Fsp3) is 0.294. The van der Waals surface area contributed by atoms with E-state index in [0.29, 0.717) is 13.0 Å². The number of carbonyl (C=O) groups is 2. The summed E-state index contributed by atoms with van der Waals surface area (Å²) in [6, 6.07) is 3.30. The molecule has 3 aromatic heterocycles. The molecule has 25 heavy (non-hydrogen) atoms. The quantitative estimate of drug-likeness (QED) is 0.615. The second kappa shape index (κ2) is 7.16. The molecule has 0 saturated carbocycles. The Balaban J connectivity index is 1.66. The normalized spacial score (nSPS) is 12.1. The van der Waals surface area contributed by atoms with Gasteiger partial charge in [-0.3, -0.25) is 9.59 Å². The Kier molecular flexibility index (Phi) is 4.78. The average molecular weight is 340 g/mol. The van der Waals surface area contributed by atoms with Gasteiger partial charge in [-0.05, 0) is 24.6 Å². The van der Waals surface area contributed by atoms with Gasteiger partial charge in [-0.25, -0.2) is 9.97 Å². The maximum atomic E-state index is 12.5. The molecule has 0 aliphatic heterocycles. The standard InChI is InChI=1S/C17H20N6O2/c1-11-3-4-23-9-14(22-16(23)5-11)8-19-17(25)15(21-12(2)24)6-13-7-18-10-20-13/h3-5,7,9-10,15H,6,8H2,1-2H3,(H,18,20)(H,19,25)(H,21,24)/t15-/m0/s1. The Morgan fingerprint density at radius 3 is 2.96 bits per heavy atom. The van der Waals surface area contributed by atoms with E-state index < -0.39 is 6.04 Å². The highest BCUT2D eigenvalue weighted by molar-refractivity contribution is 5.87. The van der Waals surface area contributed by atoms with E-state index in [2.05, 4.69) is 25.6 Å². The molecule has 3 heterocycles. The summed E-state index contributed by atoms with van der Waals surface area (Å²) >= 11 is 0. The summed E-state index contributed by atoms with van der Waals surface area (Å²) in [6.07, 6.45) is 7.32. The Labute approximate surface area is 144 Å². The third-order valence-corrected chi connectivity index (χ3v) is 3.78. The minimum Gasteiger partial charge on any atom is -0.349 e. The molecule has 0 aromatic carbocycles. The zero-order valence-corrected chi connectivity index (χ0v) is 14.1. The van der Waals surface area contributed by atoms with Crippen molar-refractivity contribution in [2.24, 2.45) is 0 Å². The molecule has 0 radical (unpaired) electrons. The van der Waals surface area contributed by atoms with Gasteiger partial charge in [0.2, 0.25) is 11.8 Å². The van der Waals surface area contributed by atoms with Crippen LogP contribution in [-0.2, 0) is 22.6 Å². The average Bonchev–Trinajstić information content (AvgIpc) is 3.20. The van der Waals surface area contributed by atoms with E-state index >= 15 is 0 Å². The summed E-state index contributed by atoms with van der Waals surface area (Å²) < 4.78 is 1.91. The number of pyridine rings is 1. The first-order valence-electron chi connectivity index (χ1n) is 7.97. The molecule has 1 atom stereocenters. The predicted octanol–water partition coefficient (Wildman–Crippen LogP) is 0.729. The van der Waals surface area contributed by atoms with Crippen molar-refractivity contribution < 1.29 is 9.59 Å². The number of aryl methyl sites for hydroxylation is 1. The van der Waals surface area contributed by atoms with Crippen molar-refractivity contribution in [3.63, 3.8) is 0 Å². The van der Waals surface area contributed by atoms with Crippen molar-refractivity contribution in [2.75, 3.05) is 0 Å². The number of nitrogens with one attached hydrogen (secondary N) is 3. The third kappa shape index (κ3) is 4.23. The molecule has 130 valence electrons. The molecule has 0 bridgehead atoms. The van der Waals surface area contributed by atoms with Gasteiger partial charge in [0.1, 0.15) is 11.7 Å². The second-order valence-electron chi connectivity index (χ2n) is 5.95. The molecule has 0 unspecified atom stereocenters. The predicted molar refractivity (Wildman–Crippen MR) is 91.7 cm³/mol. The number of H-pyrrole nitrogens is 1. The van der Waals surface area contributed by atoms with E-state index in [4.69, 9.17) is 0 Å². The zero-order chi connectivity index (χ0) is 17.8. The van der Waals surface area contributed by atoms with Gasteiger partial charge in [0.05, 0.1) is 18.6 Å². The second-order valence-corrected chi connectivity index (χ2v) is 5.95. The Bertz CT molecular complexity index is 884. The minimum absolute atomic E-state index is 0.261. The third-order valence-electron chi connectivity index (χ3n) is 3.78. The van der Waals surface area contributed by atoms with Crippen molar-refractivity contribution in [1.82, 2.24) is 30.0 Å². The van der Waals surface area contributed by atoms with E-state index in [1.165, 1.54) is 13.3 Å². The molecule has 2 amide bonds. The molecule has 0 fully saturated rings. The molecule has 3 rings (SSSR count). The number of aromatic nitrogens is 4. The highest BCUT2D eigenvalue weighted by Crippen LogP contribution is 2.08. The molecule has 0 aliphatic carbocycles. The fourth-order valence-electron chi connectivity index (χ4n) is 2.59. The van der Waals surface area contributed by atoms with Crippen molar-refractivity contribution in [3.8, 4) is 0 Å². The SMILES string of the molecule is CC(=O)N[C@@H](Cc1cnc[nH]1)C(=O)NCc1cn2ccc(C)cc2n1. The Morgan fingerprint density at radius 1 is 1.40 bits per heavy atom. The smallest absolute Gasteiger partial charge is 0.243 e. The summed E-state index contributed by atoms with van der Waals surface area (Å²) in [5, 5.41) is 5.49. The molecule has 0 saturated heterocycles. The lowest BCUT2D eigenvalue weighted by Gasteiger charge is -2.16. The van der Waals surface area contributed by atoms with Gasteiger partial charge >= 0.3 is 0 Å². The van der Waals surface area contributed by atoms with Gasteiger partial charge in [0.25, 0.3) is 0 Å². The van der Waals surface area contributed by atoms with Crippen LogP contribution in [0.5, 0.6) is 0 Å². The number of amides is 2. The van der Waals surface area contributed by atoms with Crippen LogP contribution < -0.4 is 10.6 Å². The van der Waals surface area contributed by atoms with Gasteiger partial charge in [-0.15, -0.1) is 0 Å². The van der Waals surface area contributed by atoms with Gasteiger partial charge in [0, 0.05) is 37.6 Å². The number of hydrogen-bond acceptors (Lipinski definition) is 4. The van der Waals surface area contributed by atoms with Crippen molar-refractivity contribution in [3.05, 3.63) is 54.0 Å². The zero-order valence-electron chi connectivity index (χ0n) is 14.1. The van der Waals surface area contributed by atoms with E-state index in [1.807, 2.05) is 35.9 Å². The fourth-order valence-corrected chi connectivity index (χ4v) is 2.59. The first-order valence-corrected chi connectivity index (χ1v) is 7.97. The molecule has 3 N–H and O–H groups in total. The van der Waals surface area contributed by atoms with E-state index in [9.17, 15) is 9.59 Å². The van der Waals surface area contributed by atoms with Crippen LogP contribution in [0, 0.1) is 6.92 Å². The minimum atomic E-state index is -0.669. The summed E-state index contributed by atoms with van der Waals surface area (Å²) in [6.45, 7) is 3.68. The van der Waals surface area contributed by atoms with E-state index in [0.717, 1.165) is 22.6 Å². The number of carbonyl (C=O) groups excluding carboxylic acids is 2. The number of imidazole rings is 2. The molecule has 0 aliphatic rings. The monoisotopic (exact) mass is 340 g/mol. The van der Waals surface area contributed by atoms with Gasteiger partial charge in [0.15, 0.2) is 0 Å². The molecule has 8 nitrogen and oxygen atoms in total. The van der Waals surface area contributed by atoms with Crippen molar-refractivity contribution in [2.45, 2.75) is 32.9 Å². The van der Waals surface area contributed by atoms with Crippen LogP contribution in [0.3, 0.4) is 0 Å². The largest absolute Gasteiger partial charge is 0.349 e. The van der Waals surface area contributed by atoms with E-state index in [-0.39, 0.29) is 11.8 Å². The first-order chi connectivity index (χ1) is 12.0. The number of fused-ring (bicyclic) bond motifs is 1.